The second-order valence-electron chi connectivity index (χ2n) is 4.06. The van der Waals surface area contributed by atoms with Crippen LogP contribution >= 0.6 is 34.5 Å². The number of halogens is 2. The van der Waals surface area contributed by atoms with Gasteiger partial charge < -0.3 is 10.5 Å². The van der Waals surface area contributed by atoms with Crippen molar-refractivity contribution in [1.82, 2.24) is 4.98 Å². The maximum Gasteiger partial charge on any atom is 0.139 e. The summed E-state index contributed by atoms with van der Waals surface area (Å²) in [4.78, 5) is 4.47. The number of hydrogen-bond acceptors (Lipinski definition) is 4. The minimum Gasteiger partial charge on any atom is -0.492 e. The zero-order valence-corrected chi connectivity index (χ0v) is 12.9. The molecule has 1 aromatic heterocycles. The largest absolute Gasteiger partial charge is 0.492 e. The maximum atomic E-state index is 6.26. The number of aromatic nitrogens is 1. The van der Waals surface area contributed by atoms with Crippen LogP contribution in [0.3, 0.4) is 0 Å². The number of ether oxygens (including phenoxy) is 1. The highest BCUT2D eigenvalue weighted by Gasteiger charge is 2.14. The van der Waals surface area contributed by atoms with E-state index in [4.69, 9.17) is 33.7 Å². The van der Waals surface area contributed by atoms with Gasteiger partial charge in [0.2, 0.25) is 0 Å². The molecule has 0 aliphatic carbocycles. The topological polar surface area (TPSA) is 48.1 Å². The van der Waals surface area contributed by atoms with Gasteiger partial charge in [0.25, 0.3) is 0 Å². The van der Waals surface area contributed by atoms with Crippen molar-refractivity contribution in [2.24, 2.45) is 5.73 Å². The minimum atomic E-state index is -0.0873. The van der Waals surface area contributed by atoms with Gasteiger partial charge in [-0.25, -0.2) is 4.98 Å². The van der Waals surface area contributed by atoms with E-state index in [0.717, 1.165) is 16.3 Å². The molecule has 0 bridgehead atoms. The molecule has 0 fully saturated rings. The summed E-state index contributed by atoms with van der Waals surface area (Å²) in [6.45, 7) is 4.34. The molecule has 1 aromatic carbocycles. The fourth-order valence-electron chi connectivity index (χ4n) is 1.61. The van der Waals surface area contributed by atoms with E-state index in [2.05, 4.69) is 4.98 Å². The van der Waals surface area contributed by atoms with Crippen LogP contribution < -0.4 is 10.5 Å². The highest BCUT2D eigenvalue weighted by atomic mass is 35.5. The maximum absolute atomic E-state index is 6.26. The molecule has 19 heavy (non-hydrogen) atoms. The van der Waals surface area contributed by atoms with Crippen LogP contribution in [0.15, 0.2) is 17.5 Å². The first-order valence-corrected chi connectivity index (χ1v) is 7.49. The first-order valence-electron chi connectivity index (χ1n) is 5.86. The van der Waals surface area contributed by atoms with Crippen molar-refractivity contribution in [3.8, 4) is 17.0 Å². The third-order valence-electron chi connectivity index (χ3n) is 2.51. The SMILES string of the molecule is CCOc1cc(Cl)c(-c2csc(C(C)N)n2)cc1Cl. The van der Waals surface area contributed by atoms with Crippen LogP contribution in [0.2, 0.25) is 10.0 Å². The van der Waals surface area contributed by atoms with Crippen LogP contribution in [0.25, 0.3) is 11.3 Å². The molecule has 0 spiro atoms. The van der Waals surface area contributed by atoms with Gasteiger partial charge in [-0.2, -0.15) is 0 Å². The molecule has 6 heteroatoms. The molecule has 0 radical (unpaired) electrons. The van der Waals surface area contributed by atoms with Gasteiger partial charge in [0.05, 0.1) is 28.4 Å². The van der Waals surface area contributed by atoms with Crippen molar-refractivity contribution in [1.29, 1.82) is 0 Å². The molecule has 3 nitrogen and oxygen atoms in total. The Morgan fingerprint density at radius 2 is 2.11 bits per heavy atom. The van der Waals surface area contributed by atoms with Crippen LogP contribution in [-0.4, -0.2) is 11.6 Å². The summed E-state index contributed by atoms with van der Waals surface area (Å²) in [6, 6.07) is 3.40. The molecule has 0 amide bonds. The smallest absolute Gasteiger partial charge is 0.139 e. The molecule has 2 rings (SSSR count). The fourth-order valence-corrected chi connectivity index (χ4v) is 2.86. The Morgan fingerprint density at radius 3 is 2.68 bits per heavy atom. The Labute approximate surface area is 126 Å². The Bertz CT molecular complexity index is 584. The Hall–Kier alpha value is -0.810. The zero-order chi connectivity index (χ0) is 14.0. The van der Waals surface area contributed by atoms with Gasteiger partial charge in [-0.1, -0.05) is 23.2 Å². The molecule has 102 valence electrons. The van der Waals surface area contributed by atoms with Crippen molar-refractivity contribution in [3.63, 3.8) is 0 Å². The molecular formula is C13H14Cl2N2OS. The van der Waals surface area contributed by atoms with Crippen LogP contribution in [0, 0.1) is 0 Å². The highest BCUT2D eigenvalue weighted by Crippen LogP contribution is 2.37. The monoisotopic (exact) mass is 316 g/mol. The molecule has 1 atom stereocenters. The lowest BCUT2D eigenvalue weighted by Gasteiger charge is -2.09. The lowest BCUT2D eigenvalue weighted by atomic mass is 10.1. The van der Waals surface area contributed by atoms with Gasteiger partial charge in [-0.3, -0.25) is 0 Å². The lowest BCUT2D eigenvalue weighted by Crippen LogP contribution is -2.03. The summed E-state index contributed by atoms with van der Waals surface area (Å²) < 4.78 is 5.40. The number of hydrogen-bond donors (Lipinski definition) is 1. The predicted octanol–water partition coefficient (Wildman–Crippen LogP) is 4.54. The van der Waals surface area contributed by atoms with Crippen LogP contribution in [0.4, 0.5) is 0 Å². The average Bonchev–Trinajstić information content (AvgIpc) is 2.83. The van der Waals surface area contributed by atoms with Crippen LogP contribution in [0.1, 0.15) is 24.9 Å². The lowest BCUT2D eigenvalue weighted by molar-refractivity contribution is 0.340. The minimum absolute atomic E-state index is 0.0873. The Balaban J connectivity index is 2.41. The standard InChI is InChI=1S/C13H14Cl2N2OS/c1-3-18-12-5-9(14)8(4-10(12)15)11-6-19-13(17-11)7(2)16/h4-7H,3,16H2,1-2H3. The van der Waals surface area contributed by atoms with Crippen molar-refractivity contribution >= 4 is 34.5 Å². The van der Waals surface area contributed by atoms with E-state index in [1.807, 2.05) is 19.2 Å². The van der Waals surface area contributed by atoms with E-state index in [1.165, 1.54) is 11.3 Å². The molecular weight excluding hydrogens is 303 g/mol. The summed E-state index contributed by atoms with van der Waals surface area (Å²) in [5, 5.41) is 3.89. The quantitative estimate of drug-likeness (QED) is 0.901. The summed E-state index contributed by atoms with van der Waals surface area (Å²) >= 11 is 13.9. The number of nitrogens with zero attached hydrogens (tertiary/aromatic N) is 1. The number of nitrogens with two attached hydrogens (primary N) is 1. The molecule has 0 saturated carbocycles. The highest BCUT2D eigenvalue weighted by molar-refractivity contribution is 7.10. The van der Waals surface area contributed by atoms with E-state index < -0.39 is 0 Å². The molecule has 0 saturated heterocycles. The van der Waals surface area contributed by atoms with E-state index in [-0.39, 0.29) is 6.04 Å². The molecule has 2 N–H and O–H groups in total. The van der Waals surface area contributed by atoms with Gasteiger partial charge in [0, 0.05) is 17.0 Å². The van der Waals surface area contributed by atoms with E-state index >= 15 is 0 Å². The molecule has 0 aliphatic rings. The average molecular weight is 317 g/mol. The summed E-state index contributed by atoms with van der Waals surface area (Å²) in [5.74, 6) is 0.584. The predicted molar refractivity (Wildman–Crippen MR) is 81.3 cm³/mol. The summed E-state index contributed by atoms with van der Waals surface area (Å²) in [7, 11) is 0. The van der Waals surface area contributed by atoms with Gasteiger partial charge in [-0.15, -0.1) is 11.3 Å². The second-order valence-corrected chi connectivity index (χ2v) is 5.76. The molecule has 0 aliphatic heterocycles. The van der Waals surface area contributed by atoms with Gasteiger partial charge in [0.15, 0.2) is 0 Å². The molecule has 1 heterocycles. The molecule has 1 unspecified atom stereocenters. The second kappa shape index (κ2) is 6.09. The third kappa shape index (κ3) is 3.20. The van der Waals surface area contributed by atoms with Gasteiger partial charge in [0.1, 0.15) is 10.8 Å². The summed E-state index contributed by atoms with van der Waals surface area (Å²) in [5.41, 5.74) is 7.38. The van der Waals surface area contributed by atoms with Crippen molar-refractivity contribution in [3.05, 3.63) is 32.6 Å². The van der Waals surface area contributed by atoms with Crippen molar-refractivity contribution in [2.75, 3.05) is 6.61 Å². The summed E-state index contributed by atoms with van der Waals surface area (Å²) in [6.07, 6.45) is 0. The van der Waals surface area contributed by atoms with Gasteiger partial charge >= 0.3 is 0 Å². The van der Waals surface area contributed by atoms with Gasteiger partial charge in [-0.05, 0) is 19.9 Å². The van der Waals surface area contributed by atoms with Crippen molar-refractivity contribution in [2.45, 2.75) is 19.9 Å². The zero-order valence-electron chi connectivity index (χ0n) is 10.6. The van der Waals surface area contributed by atoms with Crippen LogP contribution in [0.5, 0.6) is 5.75 Å². The number of thiazole rings is 1. The Kier molecular flexibility index (Phi) is 4.68. The Morgan fingerprint density at radius 1 is 1.37 bits per heavy atom. The van der Waals surface area contributed by atoms with E-state index in [0.29, 0.717) is 22.4 Å². The fraction of sp³-hybridized carbons (Fsp3) is 0.308. The molecule has 2 aromatic rings. The normalized spacial score (nSPS) is 12.5. The van der Waals surface area contributed by atoms with E-state index in [9.17, 15) is 0 Å². The third-order valence-corrected chi connectivity index (χ3v) is 4.16. The number of rotatable bonds is 4. The first kappa shape index (κ1) is 14.6. The van der Waals surface area contributed by atoms with E-state index in [1.54, 1.807) is 12.1 Å². The first-order chi connectivity index (χ1) is 9.02. The van der Waals surface area contributed by atoms with Crippen LogP contribution in [-0.2, 0) is 0 Å². The number of benzene rings is 1. The van der Waals surface area contributed by atoms with Crippen molar-refractivity contribution < 1.29 is 4.74 Å².